The van der Waals surface area contributed by atoms with Crippen molar-refractivity contribution < 1.29 is 18.8 Å². The molecular weight excluding hydrogens is 370 g/mol. The quantitative estimate of drug-likeness (QED) is 0.829. The van der Waals surface area contributed by atoms with Crippen LogP contribution in [-0.4, -0.2) is 42.1 Å². The molecule has 2 aliphatic rings. The fourth-order valence-electron chi connectivity index (χ4n) is 4.35. The average Bonchev–Trinajstić information content (AvgIpc) is 3.46. The van der Waals surface area contributed by atoms with E-state index in [1.165, 1.54) is 12.8 Å². The first-order valence-electron chi connectivity index (χ1n) is 10.4. The number of methoxy groups -OCH3 is 1. The minimum Gasteiger partial charge on any atom is -0.495 e. The molecule has 29 heavy (non-hydrogen) atoms. The Labute approximate surface area is 170 Å². The maximum absolute atomic E-state index is 12.6. The molecule has 1 aromatic heterocycles. The van der Waals surface area contributed by atoms with Gasteiger partial charge in [0.2, 0.25) is 11.7 Å². The molecule has 1 N–H and O–H groups in total. The van der Waals surface area contributed by atoms with Gasteiger partial charge in [-0.25, -0.2) is 0 Å². The molecule has 1 saturated heterocycles. The van der Waals surface area contributed by atoms with Crippen LogP contribution >= 0.6 is 0 Å². The van der Waals surface area contributed by atoms with Crippen LogP contribution in [0.5, 0.6) is 5.75 Å². The number of benzene rings is 1. The number of para-hydroxylation sites is 2. The van der Waals surface area contributed by atoms with E-state index in [0.717, 1.165) is 44.5 Å². The third-order valence-electron chi connectivity index (χ3n) is 6.04. The van der Waals surface area contributed by atoms with Crippen molar-refractivity contribution in [1.29, 1.82) is 0 Å². The Morgan fingerprint density at radius 3 is 2.59 bits per heavy atom. The average molecular weight is 397 g/mol. The van der Waals surface area contributed by atoms with Crippen molar-refractivity contribution in [2.24, 2.45) is 5.92 Å². The molecule has 0 spiro atoms. The molecule has 1 aromatic carbocycles. The van der Waals surface area contributed by atoms with Gasteiger partial charge in [0.25, 0.3) is 5.91 Å². The van der Waals surface area contributed by atoms with Crippen LogP contribution in [-0.2, 0) is 4.79 Å². The van der Waals surface area contributed by atoms with Crippen LogP contribution in [0.25, 0.3) is 0 Å². The van der Waals surface area contributed by atoms with Gasteiger partial charge in [0.1, 0.15) is 5.75 Å². The third kappa shape index (κ3) is 4.28. The number of aromatic nitrogens is 1. The highest BCUT2D eigenvalue weighted by atomic mass is 16.5. The second-order valence-electron chi connectivity index (χ2n) is 7.85. The van der Waals surface area contributed by atoms with E-state index in [4.69, 9.17) is 9.26 Å². The molecule has 0 bridgehead atoms. The van der Waals surface area contributed by atoms with Crippen LogP contribution in [0.2, 0.25) is 0 Å². The van der Waals surface area contributed by atoms with Crippen LogP contribution in [0.3, 0.4) is 0 Å². The Hall–Kier alpha value is -2.83. The van der Waals surface area contributed by atoms with Crippen LogP contribution < -0.4 is 10.1 Å². The van der Waals surface area contributed by atoms with Gasteiger partial charge in [-0.2, -0.15) is 0 Å². The fourth-order valence-corrected chi connectivity index (χ4v) is 4.35. The number of hydrogen-bond donors (Lipinski definition) is 1. The van der Waals surface area contributed by atoms with Gasteiger partial charge >= 0.3 is 0 Å². The van der Waals surface area contributed by atoms with E-state index < -0.39 is 0 Å². The Morgan fingerprint density at radius 1 is 1.14 bits per heavy atom. The fraction of sp³-hybridized carbons (Fsp3) is 0.500. The first kappa shape index (κ1) is 19.5. The van der Waals surface area contributed by atoms with Crippen molar-refractivity contribution in [2.45, 2.75) is 44.4 Å². The summed E-state index contributed by atoms with van der Waals surface area (Å²) >= 11 is 0. The van der Waals surface area contributed by atoms with E-state index in [2.05, 4.69) is 10.5 Å². The van der Waals surface area contributed by atoms with E-state index in [0.29, 0.717) is 17.3 Å². The van der Waals surface area contributed by atoms with E-state index >= 15 is 0 Å². The standard InChI is InChI=1S/C22H27N3O4/c1-28-19-9-5-4-8-17(19)23-21(26)20-14-18(24-29-20)15-10-12-25(13-11-15)22(27)16-6-2-3-7-16/h4-5,8-9,14-16H,2-3,6-7,10-13H2,1H3,(H,23,26). The molecule has 154 valence electrons. The van der Waals surface area contributed by atoms with Crippen molar-refractivity contribution in [2.75, 3.05) is 25.5 Å². The van der Waals surface area contributed by atoms with Crippen molar-refractivity contribution in [3.05, 3.63) is 41.8 Å². The minimum atomic E-state index is -0.359. The van der Waals surface area contributed by atoms with Crippen molar-refractivity contribution in [3.63, 3.8) is 0 Å². The SMILES string of the molecule is COc1ccccc1NC(=O)c1cc(C2CCN(C(=O)C3CCCC3)CC2)no1. The summed E-state index contributed by atoms with van der Waals surface area (Å²) in [5.41, 5.74) is 1.36. The predicted molar refractivity (Wildman–Crippen MR) is 108 cm³/mol. The van der Waals surface area contributed by atoms with Gasteiger partial charge in [-0.15, -0.1) is 0 Å². The topological polar surface area (TPSA) is 84.7 Å². The summed E-state index contributed by atoms with van der Waals surface area (Å²) < 4.78 is 10.6. The van der Waals surface area contributed by atoms with Crippen LogP contribution in [0, 0.1) is 5.92 Å². The van der Waals surface area contributed by atoms with Gasteiger partial charge < -0.3 is 19.5 Å². The second-order valence-corrected chi connectivity index (χ2v) is 7.85. The Morgan fingerprint density at radius 2 is 1.86 bits per heavy atom. The van der Waals surface area contributed by atoms with Gasteiger partial charge in [-0.3, -0.25) is 9.59 Å². The van der Waals surface area contributed by atoms with E-state index in [9.17, 15) is 9.59 Å². The molecule has 4 rings (SSSR count). The molecule has 2 fully saturated rings. The zero-order valence-electron chi connectivity index (χ0n) is 16.7. The number of rotatable bonds is 5. The maximum Gasteiger partial charge on any atom is 0.294 e. The molecule has 0 atom stereocenters. The molecule has 2 amide bonds. The van der Waals surface area contributed by atoms with Crippen molar-refractivity contribution >= 4 is 17.5 Å². The van der Waals surface area contributed by atoms with E-state index in [1.54, 1.807) is 25.3 Å². The Balaban J connectivity index is 1.34. The van der Waals surface area contributed by atoms with Crippen molar-refractivity contribution in [1.82, 2.24) is 10.1 Å². The molecular formula is C22H27N3O4. The molecule has 1 saturated carbocycles. The van der Waals surface area contributed by atoms with Crippen LogP contribution in [0.15, 0.2) is 34.9 Å². The largest absolute Gasteiger partial charge is 0.495 e. The first-order chi connectivity index (χ1) is 14.2. The molecule has 7 heteroatoms. The number of carbonyl (C=O) groups excluding carboxylic acids is 2. The highest BCUT2D eigenvalue weighted by molar-refractivity contribution is 6.03. The highest BCUT2D eigenvalue weighted by Crippen LogP contribution is 2.32. The normalized spacial score (nSPS) is 18.0. The first-order valence-corrected chi connectivity index (χ1v) is 10.4. The monoisotopic (exact) mass is 397 g/mol. The number of likely N-dealkylation sites (tertiary alicyclic amines) is 1. The Kier molecular flexibility index (Phi) is 5.83. The second kappa shape index (κ2) is 8.68. The molecule has 2 heterocycles. The van der Waals surface area contributed by atoms with Gasteiger partial charge in [-0.05, 0) is 37.8 Å². The van der Waals surface area contributed by atoms with Crippen molar-refractivity contribution in [3.8, 4) is 5.75 Å². The van der Waals surface area contributed by atoms with Gasteiger partial charge in [0.05, 0.1) is 18.5 Å². The van der Waals surface area contributed by atoms with E-state index in [-0.39, 0.29) is 23.5 Å². The lowest BCUT2D eigenvalue weighted by molar-refractivity contribution is -0.136. The number of nitrogens with zero attached hydrogens (tertiary/aromatic N) is 2. The number of ether oxygens (including phenoxy) is 1. The number of piperidine rings is 1. The van der Waals surface area contributed by atoms with Gasteiger partial charge in [0, 0.05) is 31.0 Å². The number of amides is 2. The number of anilines is 1. The third-order valence-corrected chi connectivity index (χ3v) is 6.04. The lowest BCUT2D eigenvalue weighted by Gasteiger charge is -2.32. The Bertz CT molecular complexity index is 864. The summed E-state index contributed by atoms with van der Waals surface area (Å²) in [6.07, 6.45) is 6.10. The summed E-state index contributed by atoms with van der Waals surface area (Å²) in [6, 6.07) is 8.92. The maximum atomic E-state index is 12.6. The molecule has 0 unspecified atom stereocenters. The molecule has 1 aliphatic heterocycles. The van der Waals surface area contributed by atoms with Crippen LogP contribution in [0.1, 0.15) is 60.7 Å². The summed E-state index contributed by atoms with van der Waals surface area (Å²) in [7, 11) is 1.56. The predicted octanol–water partition coefficient (Wildman–Crippen LogP) is 3.83. The minimum absolute atomic E-state index is 0.176. The molecule has 0 radical (unpaired) electrons. The lowest BCUT2D eigenvalue weighted by Crippen LogP contribution is -2.40. The summed E-state index contributed by atoms with van der Waals surface area (Å²) in [5, 5.41) is 6.92. The summed E-state index contributed by atoms with van der Waals surface area (Å²) in [6.45, 7) is 1.49. The number of hydrogen-bond acceptors (Lipinski definition) is 5. The molecule has 1 aliphatic carbocycles. The number of carbonyl (C=O) groups is 2. The zero-order chi connectivity index (χ0) is 20.2. The molecule has 2 aromatic rings. The van der Waals surface area contributed by atoms with E-state index in [1.807, 2.05) is 17.0 Å². The van der Waals surface area contributed by atoms with Gasteiger partial charge in [-0.1, -0.05) is 30.1 Å². The van der Waals surface area contributed by atoms with Crippen LogP contribution in [0.4, 0.5) is 5.69 Å². The zero-order valence-corrected chi connectivity index (χ0v) is 16.7. The highest BCUT2D eigenvalue weighted by Gasteiger charge is 2.31. The lowest BCUT2D eigenvalue weighted by atomic mass is 9.92. The van der Waals surface area contributed by atoms with Gasteiger partial charge in [0.15, 0.2) is 0 Å². The summed E-state index contributed by atoms with van der Waals surface area (Å²) in [4.78, 5) is 27.1. The smallest absolute Gasteiger partial charge is 0.294 e. The molecule has 7 nitrogen and oxygen atoms in total. The summed E-state index contributed by atoms with van der Waals surface area (Å²) in [5.74, 6) is 1.15. The number of nitrogens with one attached hydrogen (secondary N) is 1.